The normalized spacial score (nSPS) is 23.9. The summed E-state index contributed by atoms with van der Waals surface area (Å²) in [6.07, 6.45) is 12.6. The number of fused-ring (bicyclic) bond motifs is 1. The zero-order valence-electron chi connectivity index (χ0n) is 41.5. The van der Waals surface area contributed by atoms with Crippen molar-refractivity contribution in [3.8, 4) is 11.5 Å². The second-order valence-corrected chi connectivity index (χ2v) is 25.6. The third-order valence-electron chi connectivity index (χ3n) is 16.2. The number of hydroxylamine groups is 1. The van der Waals surface area contributed by atoms with Crippen molar-refractivity contribution >= 4 is 49.0 Å². The molecule has 3 N–H and O–H groups in total. The van der Waals surface area contributed by atoms with Gasteiger partial charge in [0, 0.05) is 81.3 Å². The molecule has 0 unspecified atom stereocenters. The standard InChI is InChI=1S/C53H66FN8O8S2/c1-34(2)41-7-5-6-8-42(41)48-33-61(72(68,69)39-10-11-39)23-24-62(48)37-28-53(29-37)19-21-60(22-20-53)36-9-12-43(49(25-36)70-38-26-44-45(54)13-14-46(44)55-31-38)51(63)58-71(66,67)40-27-47(59(4)65)50(57-32-40)56-30-35-15-17-52(3,64)18-16-35/h5-9,12-13,25-27,31-32,34-35,37,39,48,64H,10-11,14-24,28-30,33H2,1-4H3,(H,56,57)(H,58,63)/q-1/t35?,48-,52?/m0/s1. The van der Waals surface area contributed by atoms with E-state index in [0.717, 1.165) is 76.3 Å². The molecule has 0 bridgehead atoms. The van der Waals surface area contributed by atoms with Crippen LogP contribution in [0, 0.1) is 16.5 Å². The lowest BCUT2D eigenvalue weighted by Crippen LogP contribution is -2.60. The van der Waals surface area contributed by atoms with E-state index in [9.17, 15) is 36.3 Å². The monoisotopic (exact) mass is 1030 g/mol. The van der Waals surface area contributed by atoms with Crippen LogP contribution in [0.3, 0.4) is 0 Å². The van der Waals surface area contributed by atoms with E-state index in [1.54, 1.807) is 16.4 Å². The Bertz CT molecular complexity index is 2960. The first-order valence-electron chi connectivity index (χ1n) is 25.5. The van der Waals surface area contributed by atoms with Gasteiger partial charge < -0.3 is 30.3 Å². The van der Waals surface area contributed by atoms with Gasteiger partial charge in [-0.05, 0) is 137 Å². The molecule has 6 aliphatic rings. The number of sulfonamides is 2. The van der Waals surface area contributed by atoms with E-state index in [1.807, 2.05) is 6.92 Å². The molecule has 19 heteroatoms. The van der Waals surface area contributed by atoms with Gasteiger partial charge in [0.2, 0.25) is 10.0 Å². The van der Waals surface area contributed by atoms with Gasteiger partial charge in [0.1, 0.15) is 28.0 Å². The van der Waals surface area contributed by atoms with Crippen LogP contribution in [0.15, 0.2) is 78.0 Å². The van der Waals surface area contributed by atoms with Crippen molar-refractivity contribution in [2.75, 3.05) is 61.6 Å². The highest BCUT2D eigenvalue weighted by molar-refractivity contribution is 7.90. The lowest BCUT2D eigenvalue weighted by Gasteiger charge is -2.58. The molecule has 1 atom stereocenters. The molecule has 3 saturated carbocycles. The van der Waals surface area contributed by atoms with E-state index < -0.39 is 42.3 Å². The largest absolute Gasteiger partial charge is 0.758 e. The molecule has 5 fully saturated rings. The molecule has 4 aromatic rings. The first-order chi connectivity index (χ1) is 34.3. The van der Waals surface area contributed by atoms with E-state index in [1.165, 1.54) is 48.6 Å². The van der Waals surface area contributed by atoms with Crippen LogP contribution in [0.2, 0.25) is 0 Å². The molecule has 2 aromatic carbocycles. The summed E-state index contributed by atoms with van der Waals surface area (Å²) in [5.41, 5.74) is 3.39. The third kappa shape index (κ3) is 10.3. The van der Waals surface area contributed by atoms with E-state index in [-0.39, 0.29) is 56.8 Å². The number of ether oxygens (including phenoxy) is 1. The first-order valence-corrected chi connectivity index (χ1v) is 28.5. The molecule has 72 heavy (non-hydrogen) atoms. The fraction of sp³-hybridized carbons (Fsp3) is 0.528. The number of amides is 1. The zero-order valence-corrected chi connectivity index (χ0v) is 43.2. The number of aromatic nitrogens is 2. The summed E-state index contributed by atoms with van der Waals surface area (Å²) in [5.74, 6) is -0.465. The Kier molecular flexibility index (Phi) is 13.7. The number of hydrogen-bond acceptors (Lipinski definition) is 14. The second kappa shape index (κ2) is 19.6. The van der Waals surface area contributed by atoms with Gasteiger partial charge >= 0.3 is 0 Å². The highest BCUT2D eigenvalue weighted by atomic mass is 32.2. The van der Waals surface area contributed by atoms with Gasteiger partial charge in [0.25, 0.3) is 15.9 Å². The number of carbonyl (C=O) groups is 1. The number of nitrogens with zero attached hydrogens (tertiary/aromatic N) is 6. The second-order valence-electron chi connectivity index (χ2n) is 21.7. The lowest BCUT2D eigenvalue weighted by atomic mass is 9.59. The van der Waals surface area contributed by atoms with E-state index in [0.29, 0.717) is 68.2 Å². The summed E-state index contributed by atoms with van der Waals surface area (Å²) in [7, 11) is -6.66. The number of piperidine rings is 1. The van der Waals surface area contributed by atoms with Crippen LogP contribution < -0.4 is 24.7 Å². The maximum absolute atomic E-state index is 14.8. The van der Waals surface area contributed by atoms with Crippen LogP contribution >= 0.6 is 0 Å². The molecular formula is C53H66FN8O8S2-. The Morgan fingerprint density at radius 1 is 0.958 bits per heavy atom. The molecule has 0 radical (unpaired) electrons. The van der Waals surface area contributed by atoms with Crippen molar-refractivity contribution in [1.82, 2.24) is 23.9 Å². The summed E-state index contributed by atoms with van der Waals surface area (Å²) in [6, 6.07) is 16.5. The molecule has 2 saturated heterocycles. The number of pyridine rings is 2. The van der Waals surface area contributed by atoms with Crippen LogP contribution in [0.5, 0.6) is 11.5 Å². The van der Waals surface area contributed by atoms with Crippen molar-refractivity contribution in [2.24, 2.45) is 11.3 Å². The number of carbonyl (C=O) groups excluding carboxylic acids is 1. The third-order valence-corrected chi connectivity index (χ3v) is 19.9. The minimum absolute atomic E-state index is 0.0242. The summed E-state index contributed by atoms with van der Waals surface area (Å²) in [4.78, 5) is 27.2. The van der Waals surface area contributed by atoms with E-state index in [4.69, 9.17) is 4.74 Å². The SMILES string of the molecule is CC(C)c1ccccc1[C@@H]1CN(S(=O)(=O)C2CC2)CCN1C1CC2(CCN(c3ccc(C(=O)NS(=O)(=O)c4cnc(NCC5CCC(C)(O)CC5)c(N(C)[O-])c4)c(Oc4cnc5c(c4)C(F)=CC5)c3)CC2)C1. The van der Waals surface area contributed by atoms with E-state index >= 15 is 0 Å². The number of rotatable bonds is 15. The maximum atomic E-state index is 14.8. The summed E-state index contributed by atoms with van der Waals surface area (Å²) < 4.78 is 79.8. The fourth-order valence-electron chi connectivity index (χ4n) is 11.7. The number of piperazine rings is 1. The Balaban J connectivity index is 0.844. The molecule has 4 aliphatic carbocycles. The highest BCUT2D eigenvalue weighted by Crippen LogP contribution is 2.54. The van der Waals surface area contributed by atoms with Crippen molar-refractivity contribution in [2.45, 2.75) is 125 Å². The molecule has 16 nitrogen and oxygen atoms in total. The van der Waals surface area contributed by atoms with Crippen molar-refractivity contribution in [3.05, 3.63) is 106 Å². The summed E-state index contributed by atoms with van der Waals surface area (Å²) in [6.45, 7) is 9.81. The van der Waals surface area contributed by atoms with Gasteiger partial charge in [-0.1, -0.05) is 38.1 Å². The van der Waals surface area contributed by atoms with Crippen LogP contribution in [0.25, 0.3) is 5.83 Å². The van der Waals surface area contributed by atoms with Gasteiger partial charge in [0.05, 0.1) is 34.0 Å². The maximum Gasteiger partial charge on any atom is 0.268 e. The van der Waals surface area contributed by atoms with Crippen molar-refractivity contribution in [1.29, 1.82) is 0 Å². The van der Waals surface area contributed by atoms with Gasteiger partial charge in [-0.25, -0.2) is 30.9 Å². The number of allylic oxidation sites excluding steroid dienone is 1. The number of aliphatic hydroxyl groups is 1. The van der Waals surface area contributed by atoms with Crippen LogP contribution in [-0.2, 0) is 26.5 Å². The molecule has 10 rings (SSSR count). The molecule has 386 valence electrons. The van der Waals surface area contributed by atoms with Crippen LogP contribution in [0.1, 0.15) is 130 Å². The van der Waals surface area contributed by atoms with Gasteiger partial charge in [-0.15, -0.1) is 0 Å². The van der Waals surface area contributed by atoms with Crippen molar-refractivity contribution in [3.63, 3.8) is 0 Å². The molecule has 1 spiro atoms. The Hall–Kier alpha value is -5.18. The fourth-order valence-corrected chi connectivity index (χ4v) is 14.5. The van der Waals surface area contributed by atoms with E-state index in [2.05, 4.69) is 67.9 Å². The highest BCUT2D eigenvalue weighted by Gasteiger charge is 2.52. The Labute approximate surface area is 422 Å². The molecule has 2 aromatic heterocycles. The minimum Gasteiger partial charge on any atom is -0.758 e. The van der Waals surface area contributed by atoms with Gasteiger partial charge in [-0.2, -0.15) is 4.31 Å². The van der Waals surface area contributed by atoms with Crippen LogP contribution in [-0.4, -0.2) is 110 Å². The van der Waals surface area contributed by atoms with Gasteiger partial charge in [-0.3, -0.25) is 14.7 Å². The molecular weight excluding hydrogens is 960 g/mol. The number of nitrogens with one attached hydrogen (secondary N) is 2. The average Bonchev–Trinajstić information content (AvgIpc) is 4.16. The first kappa shape index (κ1) is 50.4. The number of anilines is 3. The van der Waals surface area contributed by atoms with Crippen molar-refractivity contribution < 1.29 is 35.9 Å². The number of hydrogen-bond donors (Lipinski definition) is 3. The zero-order chi connectivity index (χ0) is 50.7. The lowest BCUT2D eigenvalue weighted by molar-refractivity contribution is -0.0522. The molecule has 4 heterocycles. The average molecular weight is 1030 g/mol. The van der Waals surface area contributed by atoms with Crippen LogP contribution in [0.4, 0.5) is 21.6 Å². The molecule has 1 amide bonds. The smallest absolute Gasteiger partial charge is 0.268 e. The molecule has 2 aliphatic heterocycles. The Morgan fingerprint density at radius 3 is 2.40 bits per heavy atom. The van der Waals surface area contributed by atoms with Gasteiger partial charge in [0.15, 0.2) is 0 Å². The Morgan fingerprint density at radius 2 is 1.69 bits per heavy atom. The quantitative estimate of drug-likeness (QED) is 0.0961. The predicted molar refractivity (Wildman–Crippen MR) is 276 cm³/mol. The number of halogens is 1. The predicted octanol–water partition coefficient (Wildman–Crippen LogP) is 8.26. The topological polar surface area (TPSA) is 201 Å². The minimum atomic E-state index is -4.57. The summed E-state index contributed by atoms with van der Waals surface area (Å²) >= 11 is 0. The number of benzene rings is 2. The summed E-state index contributed by atoms with van der Waals surface area (Å²) in [5, 5.41) is 26.5.